The first-order valence-electron chi connectivity index (χ1n) is 7.86. The zero-order chi connectivity index (χ0) is 18.3. The molecular weight excluding hydrogens is 408 g/mol. The van der Waals surface area contributed by atoms with Crippen molar-refractivity contribution < 1.29 is 22.4 Å². The van der Waals surface area contributed by atoms with Crippen molar-refractivity contribution in [1.82, 2.24) is 0 Å². The van der Waals surface area contributed by atoms with Crippen molar-refractivity contribution in [2.24, 2.45) is 5.92 Å². The van der Waals surface area contributed by atoms with E-state index in [-0.39, 0.29) is 24.0 Å². The minimum Gasteiger partial charge on any atom is -0.494 e. The average molecular weight is 429 g/mol. The van der Waals surface area contributed by atoms with Crippen molar-refractivity contribution in [3.63, 3.8) is 0 Å². The molecule has 0 aromatic heterocycles. The second-order valence-corrected chi connectivity index (χ2v) is 8.22. The molecule has 136 valence electrons. The van der Waals surface area contributed by atoms with E-state index in [0.717, 1.165) is 10.0 Å². The highest BCUT2D eigenvalue weighted by Gasteiger charge is 2.18. The van der Waals surface area contributed by atoms with E-state index in [0.29, 0.717) is 18.8 Å². The third-order valence-electron chi connectivity index (χ3n) is 3.64. The third-order valence-corrected chi connectivity index (χ3v) is 5.46. The van der Waals surface area contributed by atoms with Crippen LogP contribution >= 0.6 is 15.9 Å². The average Bonchev–Trinajstić information content (AvgIpc) is 2.60. The SMILES string of the molecule is Cc1ccc(S(=O)(=O)OCC(CO)CCOc2ccc(Br)cc2)cc1. The van der Waals surface area contributed by atoms with Crippen LogP contribution in [0.1, 0.15) is 12.0 Å². The van der Waals surface area contributed by atoms with Crippen molar-refractivity contribution in [3.8, 4) is 5.75 Å². The van der Waals surface area contributed by atoms with E-state index in [1.807, 2.05) is 31.2 Å². The molecule has 1 unspecified atom stereocenters. The lowest BCUT2D eigenvalue weighted by Crippen LogP contribution is -2.20. The van der Waals surface area contributed by atoms with E-state index in [2.05, 4.69) is 15.9 Å². The molecule has 1 N–H and O–H groups in total. The van der Waals surface area contributed by atoms with Crippen molar-refractivity contribution >= 4 is 26.0 Å². The van der Waals surface area contributed by atoms with E-state index in [4.69, 9.17) is 8.92 Å². The summed E-state index contributed by atoms with van der Waals surface area (Å²) in [5.41, 5.74) is 0.970. The summed E-state index contributed by atoms with van der Waals surface area (Å²) in [6.07, 6.45) is 0.482. The summed E-state index contributed by atoms with van der Waals surface area (Å²) >= 11 is 3.35. The van der Waals surface area contributed by atoms with Gasteiger partial charge in [0.05, 0.1) is 18.1 Å². The molecule has 0 radical (unpaired) electrons. The van der Waals surface area contributed by atoms with Gasteiger partial charge in [0.25, 0.3) is 10.1 Å². The van der Waals surface area contributed by atoms with E-state index in [1.165, 1.54) is 12.1 Å². The lowest BCUT2D eigenvalue weighted by molar-refractivity contribution is 0.142. The van der Waals surface area contributed by atoms with Gasteiger partial charge in [0.2, 0.25) is 0 Å². The molecular formula is C18H21BrO5S. The molecule has 0 fully saturated rings. The summed E-state index contributed by atoms with van der Waals surface area (Å²) < 4.78 is 35.9. The van der Waals surface area contributed by atoms with Crippen LogP contribution in [0.25, 0.3) is 0 Å². The summed E-state index contributed by atoms with van der Waals surface area (Å²) in [7, 11) is -3.82. The van der Waals surface area contributed by atoms with Crippen LogP contribution in [0.5, 0.6) is 5.75 Å². The maximum absolute atomic E-state index is 12.2. The molecule has 2 rings (SSSR count). The van der Waals surface area contributed by atoms with Gasteiger partial charge in [-0.05, 0) is 49.7 Å². The first kappa shape index (κ1) is 19.9. The highest BCUT2D eigenvalue weighted by Crippen LogP contribution is 2.18. The first-order chi connectivity index (χ1) is 11.9. The lowest BCUT2D eigenvalue weighted by atomic mass is 10.1. The van der Waals surface area contributed by atoms with Gasteiger partial charge < -0.3 is 9.84 Å². The Morgan fingerprint density at radius 2 is 1.72 bits per heavy atom. The minimum atomic E-state index is -3.82. The molecule has 0 bridgehead atoms. The highest BCUT2D eigenvalue weighted by atomic mass is 79.9. The van der Waals surface area contributed by atoms with E-state index < -0.39 is 10.1 Å². The minimum absolute atomic E-state index is 0.0869. The molecule has 0 heterocycles. The number of aliphatic hydroxyl groups excluding tert-OH is 1. The predicted octanol–water partition coefficient (Wildman–Crippen LogP) is 3.54. The number of aryl methyl sites for hydroxylation is 1. The fourth-order valence-electron chi connectivity index (χ4n) is 2.06. The quantitative estimate of drug-likeness (QED) is 0.618. The molecule has 0 aliphatic carbocycles. The van der Waals surface area contributed by atoms with Crippen LogP contribution in [-0.4, -0.2) is 33.3 Å². The van der Waals surface area contributed by atoms with Gasteiger partial charge in [0, 0.05) is 17.0 Å². The molecule has 25 heavy (non-hydrogen) atoms. The van der Waals surface area contributed by atoms with Gasteiger partial charge in [-0.2, -0.15) is 8.42 Å². The van der Waals surface area contributed by atoms with Gasteiger partial charge >= 0.3 is 0 Å². The smallest absolute Gasteiger partial charge is 0.296 e. The van der Waals surface area contributed by atoms with Gasteiger partial charge in [-0.1, -0.05) is 33.6 Å². The lowest BCUT2D eigenvalue weighted by Gasteiger charge is -2.15. The largest absolute Gasteiger partial charge is 0.494 e. The number of rotatable bonds is 9. The Kier molecular flexibility index (Phi) is 7.43. The second-order valence-electron chi connectivity index (χ2n) is 5.69. The summed E-state index contributed by atoms with van der Waals surface area (Å²) in [4.78, 5) is 0.112. The maximum atomic E-state index is 12.2. The van der Waals surface area contributed by atoms with Crippen molar-refractivity contribution in [1.29, 1.82) is 0 Å². The highest BCUT2D eigenvalue weighted by molar-refractivity contribution is 9.10. The Morgan fingerprint density at radius 3 is 2.32 bits per heavy atom. The van der Waals surface area contributed by atoms with Crippen molar-refractivity contribution in [2.45, 2.75) is 18.2 Å². The van der Waals surface area contributed by atoms with Crippen LogP contribution in [0.3, 0.4) is 0 Å². The Morgan fingerprint density at radius 1 is 1.08 bits per heavy atom. The molecule has 0 saturated heterocycles. The summed E-state index contributed by atoms with van der Waals surface area (Å²) in [5.74, 6) is 0.392. The van der Waals surface area contributed by atoms with Crippen LogP contribution in [0.15, 0.2) is 57.9 Å². The molecule has 1 atom stereocenters. The van der Waals surface area contributed by atoms with Gasteiger partial charge in [-0.25, -0.2) is 0 Å². The van der Waals surface area contributed by atoms with Crippen LogP contribution < -0.4 is 4.74 Å². The Labute approximate surface area is 156 Å². The first-order valence-corrected chi connectivity index (χ1v) is 10.1. The van der Waals surface area contributed by atoms with E-state index >= 15 is 0 Å². The van der Waals surface area contributed by atoms with Crippen LogP contribution in [0, 0.1) is 12.8 Å². The summed E-state index contributed by atoms with van der Waals surface area (Å²) in [6.45, 7) is 1.98. The topological polar surface area (TPSA) is 72.8 Å². The van der Waals surface area contributed by atoms with Crippen molar-refractivity contribution in [3.05, 3.63) is 58.6 Å². The number of benzene rings is 2. The maximum Gasteiger partial charge on any atom is 0.296 e. The van der Waals surface area contributed by atoms with Crippen LogP contribution in [0.4, 0.5) is 0 Å². The standard InChI is InChI=1S/C18H21BrO5S/c1-14-2-8-18(9-3-14)25(21,22)24-13-15(12-20)10-11-23-17-6-4-16(19)5-7-17/h2-9,15,20H,10-13H2,1H3. The van der Waals surface area contributed by atoms with Crippen molar-refractivity contribution in [2.75, 3.05) is 19.8 Å². The van der Waals surface area contributed by atoms with Crippen LogP contribution in [0.2, 0.25) is 0 Å². The number of hydrogen-bond acceptors (Lipinski definition) is 5. The fraction of sp³-hybridized carbons (Fsp3) is 0.333. The second kappa shape index (κ2) is 9.33. The molecule has 7 heteroatoms. The fourth-order valence-corrected chi connectivity index (χ4v) is 3.30. The number of halogens is 1. The Balaban J connectivity index is 1.82. The molecule has 2 aromatic carbocycles. The Hall–Kier alpha value is -1.41. The third kappa shape index (κ3) is 6.43. The number of hydrogen-bond donors (Lipinski definition) is 1. The van der Waals surface area contributed by atoms with Gasteiger partial charge in [0.15, 0.2) is 0 Å². The molecule has 5 nitrogen and oxygen atoms in total. The van der Waals surface area contributed by atoms with E-state index in [9.17, 15) is 13.5 Å². The molecule has 0 spiro atoms. The molecule has 0 aliphatic rings. The van der Waals surface area contributed by atoms with Crippen LogP contribution in [-0.2, 0) is 14.3 Å². The molecule has 0 aliphatic heterocycles. The zero-order valence-electron chi connectivity index (χ0n) is 13.9. The summed E-state index contributed by atoms with van der Waals surface area (Å²) in [6, 6.07) is 13.8. The Bertz CT molecular complexity index is 757. The van der Waals surface area contributed by atoms with Gasteiger partial charge in [-0.3, -0.25) is 4.18 Å². The number of aliphatic hydroxyl groups is 1. The van der Waals surface area contributed by atoms with E-state index in [1.54, 1.807) is 12.1 Å². The van der Waals surface area contributed by atoms with Gasteiger partial charge in [0.1, 0.15) is 5.75 Å². The zero-order valence-corrected chi connectivity index (χ0v) is 16.3. The monoisotopic (exact) mass is 428 g/mol. The molecule has 0 saturated carbocycles. The van der Waals surface area contributed by atoms with Gasteiger partial charge in [-0.15, -0.1) is 0 Å². The normalized spacial score (nSPS) is 12.8. The molecule has 0 amide bonds. The molecule has 2 aromatic rings. The predicted molar refractivity (Wildman–Crippen MR) is 99.1 cm³/mol. The summed E-state index contributed by atoms with van der Waals surface area (Å²) in [5, 5.41) is 9.43. The number of ether oxygens (including phenoxy) is 1.